The Morgan fingerprint density at radius 2 is 2.31 bits per heavy atom. The molecule has 1 atom stereocenters. The summed E-state index contributed by atoms with van der Waals surface area (Å²) >= 11 is 3.26. The minimum absolute atomic E-state index is 0.244. The van der Waals surface area contributed by atoms with Crippen molar-refractivity contribution in [2.45, 2.75) is 19.4 Å². The molecule has 0 radical (unpaired) electrons. The molecule has 1 aromatic carbocycles. The summed E-state index contributed by atoms with van der Waals surface area (Å²) in [6, 6.07) is 5.10. The summed E-state index contributed by atoms with van der Waals surface area (Å²) in [5.74, 6) is -0.244. The van der Waals surface area contributed by atoms with E-state index in [9.17, 15) is 9.90 Å². The highest BCUT2D eigenvalue weighted by atomic mass is 79.9. The van der Waals surface area contributed by atoms with E-state index >= 15 is 0 Å². The average molecular weight is 287 g/mol. The number of amides is 1. The zero-order valence-electron chi connectivity index (χ0n) is 9.03. The smallest absolute Gasteiger partial charge is 0.252 e. The van der Waals surface area contributed by atoms with Gasteiger partial charge in [-0.3, -0.25) is 4.79 Å². The van der Waals surface area contributed by atoms with Crippen molar-refractivity contribution in [3.8, 4) is 0 Å². The first kappa shape index (κ1) is 13.0. The zero-order valence-corrected chi connectivity index (χ0v) is 10.6. The first-order valence-corrected chi connectivity index (χ1v) is 5.85. The van der Waals surface area contributed by atoms with Crippen LogP contribution in [-0.2, 0) is 0 Å². The van der Waals surface area contributed by atoms with Crippen molar-refractivity contribution in [3.05, 3.63) is 28.2 Å². The van der Waals surface area contributed by atoms with E-state index in [2.05, 4.69) is 21.2 Å². The zero-order chi connectivity index (χ0) is 12.1. The van der Waals surface area contributed by atoms with E-state index in [1.165, 1.54) is 0 Å². The lowest BCUT2D eigenvalue weighted by atomic mass is 10.2. The summed E-state index contributed by atoms with van der Waals surface area (Å²) in [5, 5.41) is 12.0. The maximum atomic E-state index is 11.7. The van der Waals surface area contributed by atoms with Gasteiger partial charge >= 0.3 is 0 Å². The van der Waals surface area contributed by atoms with Crippen molar-refractivity contribution in [1.29, 1.82) is 0 Å². The molecule has 1 rings (SSSR count). The number of anilines is 1. The molecule has 0 aliphatic rings. The summed E-state index contributed by atoms with van der Waals surface area (Å²) in [5.41, 5.74) is 6.66. The highest BCUT2D eigenvalue weighted by Gasteiger charge is 2.12. The molecule has 1 aromatic rings. The fourth-order valence-electron chi connectivity index (χ4n) is 1.18. The van der Waals surface area contributed by atoms with Crippen molar-refractivity contribution in [3.63, 3.8) is 0 Å². The van der Waals surface area contributed by atoms with E-state index in [1.807, 2.05) is 6.92 Å². The van der Waals surface area contributed by atoms with Gasteiger partial charge in [-0.25, -0.2) is 0 Å². The molecule has 1 amide bonds. The van der Waals surface area contributed by atoms with E-state index in [4.69, 9.17) is 5.73 Å². The van der Waals surface area contributed by atoms with Crippen LogP contribution in [0.2, 0.25) is 0 Å². The molecule has 0 heterocycles. The molecule has 16 heavy (non-hydrogen) atoms. The first-order valence-electron chi connectivity index (χ1n) is 5.06. The summed E-state index contributed by atoms with van der Waals surface area (Å²) in [7, 11) is 0. The number of nitrogen functional groups attached to an aromatic ring is 1. The van der Waals surface area contributed by atoms with E-state index in [0.29, 0.717) is 22.1 Å². The lowest BCUT2D eigenvalue weighted by molar-refractivity contribution is 0.0913. The number of aliphatic hydroxyl groups excluding tert-OH is 1. The van der Waals surface area contributed by atoms with Gasteiger partial charge in [-0.05, 0) is 34.5 Å². The van der Waals surface area contributed by atoms with E-state index in [0.717, 1.165) is 0 Å². The highest BCUT2D eigenvalue weighted by Crippen LogP contribution is 2.23. The van der Waals surface area contributed by atoms with Gasteiger partial charge in [0.1, 0.15) is 0 Å². The summed E-state index contributed by atoms with van der Waals surface area (Å²) in [6.45, 7) is 2.10. The van der Waals surface area contributed by atoms with Crippen LogP contribution in [0.25, 0.3) is 0 Å². The molecule has 0 aliphatic carbocycles. The van der Waals surface area contributed by atoms with Crippen molar-refractivity contribution < 1.29 is 9.90 Å². The molecular formula is C11H15BrN2O2. The summed E-state index contributed by atoms with van der Waals surface area (Å²) in [4.78, 5) is 11.7. The van der Waals surface area contributed by atoms with Gasteiger partial charge in [-0.15, -0.1) is 0 Å². The molecular weight excluding hydrogens is 272 g/mol. The molecule has 0 aromatic heterocycles. The topological polar surface area (TPSA) is 75.3 Å². The minimum Gasteiger partial charge on any atom is -0.398 e. The second-order valence-corrected chi connectivity index (χ2v) is 4.27. The number of hydrogen-bond acceptors (Lipinski definition) is 3. The lowest BCUT2D eigenvalue weighted by Crippen LogP contribution is -2.31. The molecule has 0 bridgehead atoms. The van der Waals surface area contributed by atoms with E-state index < -0.39 is 6.10 Å². The number of halogens is 1. The Hall–Kier alpha value is -1.07. The minimum atomic E-state index is -0.510. The number of benzene rings is 1. The SMILES string of the molecule is CCC(O)CNC(=O)c1cccc(N)c1Br. The Bertz CT molecular complexity index is 382. The molecule has 0 saturated carbocycles. The molecule has 4 N–H and O–H groups in total. The number of nitrogens with two attached hydrogens (primary N) is 1. The number of carbonyl (C=O) groups is 1. The Morgan fingerprint density at radius 1 is 1.62 bits per heavy atom. The van der Waals surface area contributed by atoms with Crippen LogP contribution in [0.3, 0.4) is 0 Å². The second kappa shape index (κ2) is 5.86. The van der Waals surface area contributed by atoms with Crippen molar-refractivity contribution >= 4 is 27.5 Å². The van der Waals surface area contributed by atoms with Crippen LogP contribution in [0.4, 0.5) is 5.69 Å². The number of hydrogen-bond donors (Lipinski definition) is 3. The fourth-order valence-corrected chi connectivity index (χ4v) is 1.62. The molecule has 0 fully saturated rings. The average Bonchev–Trinajstić information content (AvgIpc) is 2.29. The normalized spacial score (nSPS) is 12.2. The number of nitrogens with one attached hydrogen (secondary N) is 1. The maximum Gasteiger partial charge on any atom is 0.252 e. The van der Waals surface area contributed by atoms with Gasteiger partial charge < -0.3 is 16.2 Å². The van der Waals surface area contributed by atoms with Crippen LogP contribution < -0.4 is 11.1 Å². The maximum absolute atomic E-state index is 11.7. The Labute approximate surface area is 103 Å². The van der Waals surface area contributed by atoms with Crippen LogP contribution in [0.1, 0.15) is 23.7 Å². The Balaban J connectivity index is 2.70. The molecule has 0 saturated heterocycles. The number of rotatable bonds is 4. The summed E-state index contributed by atoms with van der Waals surface area (Å²) in [6.07, 6.45) is 0.0991. The predicted molar refractivity (Wildman–Crippen MR) is 67.2 cm³/mol. The van der Waals surface area contributed by atoms with Crippen LogP contribution in [-0.4, -0.2) is 23.7 Å². The van der Waals surface area contributed by atoms with Crippen LogP contribution in [0.5, 0.6) is 0 Å². The number of aliphatic hydroxyl groups is 1. The fraction of sp³-hybridized carbons (Fsp3) is 0.364. The first-order chi connectivity index (χ1) is 7.56. The van der Waals surface area contributed by atoms with E-state index in [-0.39, 0.29) is 12.5 Å². The third kappa shape index (κ3) is 3.21. The standard InChI is InChI=1S/C11H15BrN2O2/c1-2-7(15)6-14-11(16)8-4-3-5-9(13)10(8)12/h3-5,7,15H,2,6,13H2,1H3,(H,14,16). The van der Waals surface area contributed by atoms with Crippen molar-refractivity contribution in [2.24, 2.45) is 0 Å². The van der Waals surface area contributed by atoms with Gasteiger partial charge in [0.25, 0.3) is 5.91 Å². The molecule has 1 unspecified atom stereocenters. The summed E-state index contributed by atoms with van der Waals surface area (Å²) < 4.78 is 0.582. The van der Waals surface area contributed by atoms with Gasteiger partial charge in [0.15, 0.2) is 0 Å². The van der Waals surface area contributed by atoms with Gasteiger partial charge in [-0.2, -0.15) is 0 Å². The second-order valence-electron chi connectivity index (χ2n) is 3.48. The van der Waals surface area contributed by atoms with E-state index in [1.54, 1.807) is 18.2 Å². The van der Waals surface area contributed by atoms with Crippen LogP contribution in [0, 0.1) is 0 Å². The van der Waals surface area contributed by atoms with Gasteiger partial charge in [0.2, 0.25) is 0 Å². The largest absolute Gasteiger partial charge is 0.398 e. The molecule has 0 spiro atoms. The lowest BCUT2D eigenvalue weighted by Gasteiger charge is -2.11. The van der Waals surface area contributed by atoms with Crippen molar-refractivity contribution in [1.82, 2.24) is 5.32 Å². The Morgan fingerprint density at radius 3 is 2.94 bits per heavy atom. The highest BCUT2D eigenvalue weighted by molar-refractivity contribution is 9.10. The molecule has 4 nitrogen and oxygen atoms in total. The van der Waals surface area contributed by atoms with Crippen LogP contribution in [0.15, 0.2) is 22.7 Å². The Kier molecular flexibility index (Phi) is 4.76. The van der Waals surface area contributed by atoms with Gasteiger partial charge in [0.05, 0.1) is 16.1 Å². The third-order valence-electron chi connectivity index (χ3n) is 2.24. The molecule has 88 valence electrons. The monoisotopic (exact) mass is 286 g/mol. The molecule has 0 aliphatic heterocycles. The number of carbonyl (C=O) groups excluding carboxylic acids is 1. The van der Waals surface area contributed by atoms with Crippen molar-refractivity contribution in [2.75, 3.05) is 12.3 Å². The van der Waals surface area contributed by atoms with Gasteiger partial charge in [-0.1, -0.05) is 13.0 Å². The quantitative estimate of drug-likeness (QED) is 0.735. The molecule has 5 heteroatoms. The van der Waals surface area contributed by atoms with Gasteiger partial charge in [0, 0.05) is 12.2 Å². The predicted octanol–water partition coefficient (Wildman–Crippen LogP) is 1.53. The van der Waals surface area contributed by atoms with Crippen LogP contribution >= 0.6 is 15.9 Å². The third-order valence-corrected chi connectivity index (χ3v) is 3.13.